The van der Waals surface area contributed by atoms with Crippen molar-refractivity contribution in [2.75, 3.05) is 19.0 Å². The number of carbonyl (C=O) groups is 1. The molecule has 0 saturated carbocycles. The number of halogens is 3. The number of fused-ring (bicyclic) bond motifs is 1. The van der Waals surface area contributed by atoms with Crippen molar-refractivity contribution in [3.63, 3.8) is 0 Å². The zero-order valence-corrected chi connectivity index (χ0v) is 18.8. The summed E-state index contributed by atoms with van der Waals surface area (Å²) < 4.78 is 45.6. The number of H-pyrrole nitrogens is 1. The van der Waals surface area contributed by atoms with Crippen LogP contribution in [0.1, 0.15) is 21.5 Å². The number of hydrogen-bond acceptors (Lipinski definition) is 3. The van der Waals surface area contributed by atoms with Gasteiger partial charge in [-0.1, -0.05) is 42.5 Å². The van der Waals surface area contributed by atoms with Crippen LogP contribution in [0.5, 0.6) is 5.75 Å². The van der Waals surface area contributed by atoms with Crippen LogP contribution in [-0.4, -0.2) is 30.5 Å². The average molecular weight is 480 g/mol. The topological polar surface area (TPSA) is 78.5 Å². The Kier molecular flexibility index (Phi) is 7.05. The summed E-state index contributed by atoms with van der Waals surface area (Å²) in [5, 5.41) is 6.54. The number of carbonyl (C=O) groups excluding carboxylic acids is 1. The summed E-state index contributed by atoms with van der Waals surface area (Å²) >= 11 is 0. The zero-order valence-electron chi connectivity index (χ0n) is 18.8. The fourth-order valence-electron chi connectivity index (χ4n) is 3.72. The van der Waals surface area contributed by atoms with Crippen LogP contribution in [0, 0.1) is 0 Å². The van der Waals surface area contributed by atoms with Gasteiger partial charge in [-0.15, -0.1) is 0 Å². The third-order valence-electron chi connectivity index (χ3n) is 5.40. The predicted octanol–water partition coefficient (Wildman–Crippen LogP) is 5.64. The molecule has 3 N–H and O–H groups in total. The number of aromatic amines is 1. The van der Waals surface area contributed by atoms with Gasteiger partial charge in [0.15, 0.2) is 0 Å². The maximum absolute atomic E-state index is 13.4. The third-order valence-corrected chi connectivity index (χ3v) is 5.40. The maximum atomic E-state index is 13.4. The van der Waals surface area contributed by atoms with Crippen LogP contribution in [0.4, 0.5) is 18.9 Å². The summed E-state index contributed by atoms with van der Waals surface area (Å²) in [6.45, 7) is 0.278. The molecule has 1 amide bonds. The van der Waals surface area contributed by atoms with Crippen molar-refractivity contribution in [1.29, 1.82) is 0 Å². The molecular formula is C26H23F3N4O2. The Hall–Kier alpha value is -4.27. The lowest BCUT2D eigenvalue weighted by molar-refractivity contribution is -0.137. The number of amides is 1. The van der Waals surface area contributed by atoms with E-state index in [0.29, 0.717) is 17.9 Å². The van der Waals surface area contributed by atoms with E-state index in [4.69, 9.17) is 4.74 Å². The van der Waals surface area contributed by atoms with Crippen molar-refractivity contribution in [2.24, 2.45) is 4.99 Å². The molecule has 0 fully saturated rings. The summed E-state index contributed by atoms with van der Waals surface area (Å²) in [7, 11) is 1.49. The van der Waals surface area contributed by atoms with E-state index in [1.54, 1.807) is 24.3 Å². The minimum absolute atomic E-state index is 0.0105. The Balaban J connectivity index is 1.59. The number of anilines is 1. The first-order valence-electron chi connectivity index (χ1n) is 10.8. The predicted molar refractivity (Wildman–Crippen MR) is 130 cm³/mol. The Bertz CT molecular complexity index is 1360. The lowest BCUT2D eigenvalue weighted by Crippen LogP contribution is -2.37. The Morgan fingerprint density at radius 3 is 2.51 bits per heavy atom. The van der Waals surface area contributed by atoms with E-state index in [9.17, 15) is 18.0 Å². The molecule has 1 aromatic heterocycles. The highest BCUT2D eigenvalue weighted by atomic mass is 19.4. The van der Waals surface area contributed by atoms with Gasteiger partial charge in [-0.25, -0.2) is 0 Å². The third kappa shape index (κ3) is 5.63. The molecule has 0 aliphatic heterocycles. The maximum Gasteiger partial charge on any atom is 0.417 e. The van der Waals surface area contributed by atoms with Gasteiger partial charge in [-0.05, 0) is 42.3 Å². The molecule has 180 valence electrons. The average Bonchev–Trinajstić information content (AvgIpc) is 3.27. The number of para-hydroxylation sites is 3. The van der Waals surface area contributed by atoms with Crippen molar-refractivity contribution in [2.45, 2.75) is 12.6 Å². The van der Waals surface area contributed by atoms with E-state index in [0.717, 1.165) is 28.6 Å². The van der Waals surface area contributed by atoms with Crippen molar-refractivity contribution < 1.29 is 22.7 Å². The van der Waals surface area contributed by atoms with E-state index >= 15 is 0 Å². The first kappa shape index (κ1) is 23.9. The number of rotatable bonds is 6. The van der Waals surface area contributed by atoms with Crippen LogP contribution in [-0.2, 0) is 12.6 Å². The number of aromatic nitrogens is 1. The number of aliphatic imine (C=N–C) groups is 1. The zero-order chi connectivity index (χ0) is 24.8. The molecule has 35 heavy (non-hydrogen) atoms. The van der Waals surface area contributed by atoms with Gasteiger partial charge in [-0.3, -0.25) is 15.1 Å². The molecule has 1 heterocycles. The van der Waals surface area contributed by atoms with Crippen LogP contribution < -0.4 is 15.4 Å². The van der Waals surface area contributed by atoms with Crippen molar-refractivity contribution >= 4 is 28.5 Å². The molecule has 4 aromatic rings. The molecule has 0 atom stereocenters. The van der Waals surface area contributed by atoms with Gasteiger partial charge >= 0.3 is 6.18 Å². The highest BCUT2D eigenvalue weighted by Crippen LogP contribution is 2.32. The van der Waals surface area contributed by atoms with E-state index in [1.807, 2.05) is 30.5 Å². The minimum atomic E-state index is -4.67. The first-order chi connectivity index (χ1) is 16.9. The molecule has 0 unspecified atom stereocenters. The Morgan fingerprint density at radius 1 is 1.00 bits per heavy atom. The number of alkyl halides is 3. The SMILES string of the molecule is COc1ccccc1NC(=NCCc1c[nH]c2ccccc12)NC(=O)c1ccccc1C(F)(F)F. The van der Waals surface area contributed by atoms with Gasteiger partial charge < -0.3 is 15.0 Å². The number of hydrogen-bond donors (Lipinski definition) is 3. The van der Waals surface area contributed by atoms with Gasteiger partial charge in [0.1, 0.15) is 5.75 Å². The molecule has 0 radical (unpaired) electrons. The summed E-state index contributed by atoms with van der Waals surface area (Å²) in [4.78, 5) is 20.5. The Morgan fingerprint density at radius 2 is 1.71 bits per heavy atom. The molecule has 0 aliphatic carbocycles. The molecule has 3 aromatic carbocycles. The second kappa shape index (κ2) is 10.3. The van der Waals surface area contributed by atoms with Gasteiger partial charge in [0.2, 0.25) is 5.96 Å². The van der Waals surface area contributed by atoms with Gasteiger partial charge in [-0.2, -0.15) is 13.2 Å². The number of nitrogens with one attached hydrogen (secondary N) is 3. The molecule has 6 nitrogen and oxygen atoms in total. The number of nitrogens with zero attached hydrogens (tertiary/aromatic N) is 1. The molecule has 0 saturated heterocycles. The van der Waals surface area contributed by atoms with Gasteiger partial charge in [0.25, 0.3) is 5.91 Å². The van der Waals surface area contributed by atoms with Gasteiger partial charge in [0, 0.05) is 23.6 Å². The first-order valence-corrected chi connectivity index (χ1v) is 10.8. The molecule has 0 spiro atoms. The Labute approximate surface area is 199 Å². The molecule has 0 bridgehead atoms. The van der Waals surface area contributed by atoms with Crippen molar-refractivity contribution in [3.8, 4) is 5.75 Å². The van der Waals surface area contributed by atoms with Crippen LogP contribution in [0.3, 0.4) is 0 Å². The molecular weight excluding hydrogens is 457 g/mol. The van der Waals surface area contributed by atoms with Crippen molar-refractivity contribution in [3.05, 3.63) is 95.7 Å². The van der Waals surface area contributed by atoms with Crippen molar-refractivity contribution in [1.82, 2.24) is 10.3 Å². The second-order valence-electron chi connectivity index (χ2n) is 7.66. The highest BCUT2D eigenvalue weighted by molar-refractivity contribution is 6.11. The monoisotopic (exact) mass is 480 g/mol. The number of ether oxygens (including phenoxy) is 1. The molecule has 4 rings (SSSR count). The summed E-state index contributed by atoms with van der Waals surface area (Å²) in [6, 6.07) is 19.4. The fraction of sp³-hybridized carbons (Fsp3) is 0.154. The van der Waals surface area contributed by atoms with E-state index in [-0.39, 0.29) is 12.5 Å². The summed E-state index contributed by atoms with van der Waals surface area (Å²) in [5.74, 6) is -0.427. The minimum Gasteiger partial charge on any atom is -0.495 e. The standard InChI is InChI=1S/C26H23F3N4O2/c1-35-23-13-7-6-12-22(23)32-25(30-15-14-17-16-31-21-11-5-3-8-18(17)21)33-24(34)19-9-2-4-10-20(19)26(27,28)29/h2-13,16,31H,14-15H2,1H3,(H2,30,32,33,34). The van der Waals surface area contributed by atoms with E-state index in [2.05, 4.69) is 20.6 Å². The largest absolute Gasteiger partial charge is 0.495 e. The fourth-order valence-corrected chi connectivity index (χ4v) is 3.72. The lowest BCUT2D eigenvalue weighted by atomic mass is 10.1. The highest BCUT2D eigenvalue weighted by Gasteiger charge is 2.35. The van der Waals surface area contributed by atoms with Crippen LogP contribution >= 0.6 is 0 Å². The molecule has 0 aliphatic rings. The van der Waals surface area contributed by atoms with Crippen LogP contribution in [0.15, 0.2) is 84.0 Å². The molecule has 9 heteroatoms. The van der Waals surface area contributed by atoms with E-state index < -0.39 is 23.2 Å². The normalized spacial score (nSPS) is 11.9. The smallest absolute Gasteiger partial charge is 0.417 e. The van der Waals surface area contributed by atoms with Gasteiger partial charge in [0.05, 0.1) is 23.9 Å². The number of guanidine groups is 1. The summed E-state index contributed by atoms with van der Waals surface area (Å²) in [6.07, 6.45) is -2.22. The number of methoxy groups -OCH3 is 1. The van der Waals surface area contributed by atoms with E-state index in [1.165, 1.54) is 19.2 Å². The lowest BCUT2D eigenvalue weighted by Gasteiger charge is -2.16. The summed E-state index contributed by atoms with van der Waals surface area (Å²) in [5.41, 5.74) is 1.02. The quantitative estimate of drug-likeness (QED) is 0.247. The van der Waals surface area contributed by atoms with Crippen LogP contribution in [0.2, 0.25) is 0 Å². The van der Waals surface area contributed by atoms with Crippen LogP contribution in [0.25, 0.3) is 10.9 Å². The second-order valence-corrected chi connectivity index (χ2v) is 7.66. The number of benzene rings is 3.